The number of aryl methyl sites for hydroxylation is 1. The van der Waals surface area contributed by atoms with E-state index in [1.165, 1.54) is 24.9 Å². The molecule has 0 aliphatic carbocycles. The Balaban J connectivity index is 1.68. The van der Waals surface area contributed by atoms with E-state index in [1.807, 2.05) is 38.2 Å². The van der Waals surface area contributed by atoms with Crippen molar-refractivity contribution in [1.29, 1.82) is 0 Å². The van der Waals surface area contributed by atoms with E-state index in [0.29, 0.717) is 5.92 Å². The Morgan fingerprint density at radius 3 is 2.91 bits per heavy atom. The Hall–Kier alpha value is -1.88. The molecule has 0 N–H and O–H groups in total. The molecule has 5 nitrogen and oxygen atoms in total. The Kier molecular flexibility index (Phi) is 4.43. The van der Waals surface area contributed by atoms with Crippen LogP contribution in [0.25, 0.3) is 0 Å². The number of nitrogens with zero attached hydrogens (tertiary/aromatic N) is 5. The van der Waals surface area contributed by atoms with Gasteiger partial charge >= 0.3 is 0 Å². The van der Waals surface area contributed by atoms with E-state index in [0.717, 1.165) is 24.6 Å². The third-order valence-electron chi connectivity index (χ3n) is 4.36. The first-order chi connectivity index (χ1) is 10.6. The molecule has 0 amide bonds. The number of rotatable bonds is 4. The number of aromatic nitrogens is 3. The molecule has 1 unspecified atom stereocenters. The molecule has 1 atom stereocenters. The summed E-state index contributed by atoms with van der Waals surface area (Å²) in [4.78, 5) is 9.01. The Bertz CT molecular complexity index is 619. The van der Waals surface area contributed by atoms with Crippen molar-refractivity contribution in [2.75, 3.05) is 32.1 Å². The second-order valence-electron chi connectivity index (χ2n) is 6.40. The lowest BCUT2D eigenvalue weighted by molar-refractivity contribution is 0.197. The fourth-order valence-corrected chi connectivity index (χ4v) is 3.18. The Labute approximate surface area is 132 Å². The van der Waals surface area contributed by atoms with Crippen LogP contribution in [0.4, 0.5) is 5.82 Å². The summed E-state index contributed by atoms with van der Waals surface area (Å²) in [6.45, 7) is 3.22. The lowest BCUT2D eigenvalue weighted by atomic mass is 9.91. The number of pyridine rings is 1. The van der Waals surface area contributed by atoms with Crippen molar-refractivity contribution in [2.24, 2.45) is 7.05 Å². The smallest absolute Gasteiger partial charge is 0.128 e. The first kappa shape index (κ1) is 15.0. The van der Waals surface area contributed by atoms with Crippen molar-refractivity contribution in [3.63, 3.8) is 0 Å². The van der Waals surface area contributed by atoms with Gasteiger partial charge in [0.15, 0.2) is 0 Å². The van der Waals surface area contributed by atoms with Gasteiger partial charge in [0.1, 0.15) is 5.82 Å². The van der Waals surface area contributed by atoms with Crippen LogP contribution in [0.1, 0.15) is 30.0 Å². The zero-order valence-corrected chi connectivity index (χ0v) is 13.7. The molecule has 118 valence electrons. The molecule has 1 aliphatic heterocycles. The van der Waals surface area contributed by atoms with Crippen LogP contribution in [-0.4, -0.2) is 46.8 Å². The summed E-state index contributed by atoms with van der Waals surface area (Å²) in [6.07, 6.45) is 6.46. The summed E-state index contributed by atoms with van der Waals surface area (Å²) in [6, 6.07) is 6.51. The molecular formula is C17H25N5. The highest BCUT2D eigenvalue weighted by Gasteiger charge is 2.22. The van der Waals surface area contributed by atoms with Gasteiger partial charge < -0.3 is 4.90 Å². The molecule has 2 aromatic rings. The van der Waals surface area contributed by atoms with E-state index in [4.69, 9.17) is 0 Å². The van der Waals surface area contributed by atoms with Crippen LogP contribution >= 0.6 is 0 Å². The molecule has 3 heterocycles. The highest BCUT2D eigenvalue weighted by molar-refractivity contribution is 5.40. The van der Waals surface area contributed by atoms with E-state index in [-0.39, 0.29) is 0 Å². The van der Waals surface area contributed by atoms with Crippen LogP contribution < -0.4 is 4.90 Å². The lowest BCUT2D eigenvalue weighted by Gasteiger charge is -2.32. The quantitative estimate of drug-likeness (QED) is 0.868. The normalized spacial score (nSPS) is 19.3. The van der Waals surface area contributed by atoms with Gasteiger partial charge in [0.25, 0.3) is 0 Å². The maximum absolute atomic E-state index is 4.50. The van der Waals surface area contributed by atoms with E-state index in [1.54, 1.807) is 0 Å². The number of anilines is 1. The van der Waals surface area contributed by atoms with Gasteiger partial charge in [-0.1, -0.05) is 0 Å². The summed E-state index contributed by atoms with van der Waals surface area (Å²) in [5.41, 5.74) is 2.57. The lowest BCUT2D eigenvalue weighted by Crippen LogP contribution is -2.34. The zero-order valence-electron chi connectivity index (χ0n) is 13.7. The van der Waals surface area contributed by atoms with Crippen LogP contribution in [0, 0.1) is 0 Å². The molecule has 1 saturated heterocycles. The average molecular weight is 299 g/mol. The monoisotopic (exact) mass is 299 g/mol. The van der Waals surface area contributed by atoms with Gasteiger partial charge in [-0.05, 0) is 49.1 Å². The maximum atomic E-state index is 4.50. The average Bonchev–Trinajstić information content (AvgIpc) is 2.93. The molecule has 2 aromatic heterocycles. The minimum atomic E-state index is 0.596. The molecule has 1 aliphatic rings. The number of hydrogen-bond donors (Lipinski definition) is 0. The summed E-state index contributed by atoms with van der Waals surface area (Å²) < 4.78 is 1.88. The van der Waals surface area contributed by atoms with Gasteiger partial charge in [-0.2, -0.15) is 5.10 Å². The van der Waals surface area contributed by atoms with Crippen molar-refractivity contribution < 1.29 is 0 Å². The molecule has 0 spiro atoms. The highest BCUT2D eigenvalue weighted by Crippen LogP contribution is 2.28. The van der Waals surface area contributed by atoms with Crippen LogP contribution in [0.2, 0.25) is 0 Å². The summed E-state index contributed by atoms with van der Waals surface area (Å²) in [7, 11) is 6.06. The zero-order chi connectivity index (χ0) is 15.5. The van der Waals surface area contributed by atoms with E-state index >= 15 is 0 Å². The minimum Gasteiger partial charge on any atom is -0.363 e. The molecule has 0 bridgehead atoms. The van der Waals surface area contributed by atoms with Crippen LogP contribution in [-0.2, 0) is 13.6 Å². The SMILES string of the molecule is CN(C)c1cc(C2CCCN(Cc3ccn(C)n3)C2)ccn1. The van der Waals surface area contributed by atoms with Crippen LogP contribution in [0.5, 0.6) is 0 Å². The first-order valence-corrected chi connectivity index (χ1v) is 7.96. The standard InChI is InChI=1S/C17H25N5/c1-20(2)17-11-14(6-8-18-17)15-5-4-9-22(12-15)13-16-7-10-21(3)19-16/h6-8,10-11,15H,4-5,9,12-13H2,1-3H3. The summed E-state index contributed by atoms with van der Waals surface area (Å²) in [5, 5.41) is 4.50. The Morgan fingerprint density at radius 1 is 1.32 bits per heavy atom. The molecule has 5 heteroatoms. The largest absolute Gasteiger partial charge is 0.363 e. The van der Waals surface area contributed by atoms with Crippen molar-refractivity contribution in [2.45, 2.75) is 25.3 Å². The fraction of sp³-hybridized carbons (Fsp3) is 0.529. The molecular weight excluding hydrogens is 274 g/mol. The van der Waals surface area contributed by atoms with Crippen molar-refractivity contribution in [3.8, 4) is 0 Å². The third kappa shape index (κ3) is 3.47. The maximum Gasteiger partial charge on any atom is 0.128 e. The molecule has 1 fully saturated rings. The van der Waals surface area contributed by atoms with Crippen molar-refractivity contribution >= 4 is 5.82 Å². The molecule has 0 saturated carbocycles. The molecule has 0 aromatic carbocycles. The molecule has 0 radical (unpaired) electrons. The number of hydrogen-bond acceptors (Lipinski definition) is 4. The summed E-state index contributed by atoms with van der Waals surface area (Å²) >= 11 is 0. The number of likely N-dealkylation sites (tertiary alicyclic amines) is 1. The van der Waals surface area contributed by atoms with Gasteiger partial charge in [-0.15, -0.1) is 0 Å². The summed E-state index contributed by atoms with van der Waals surface area (Å²) in [5.74, 6) is 1.64. The van der Waals surface area contributed by atoms with Crippen molar-refractivity contribution in [3.05, 3.63) is 41.9 Å². The topological polar surface area (TPSA) is 37.2 Å². The minimum absolute atomic E-state index is 0.596. The second kappa shape index (κ2) is 6.48. The van der Waals surface area contributed by atoms with Crippen LogP contribution in [0.15, 0.2) is 30.6 Å². The third-order valence-corrected chi connectivity index (χ3v) is 4.36. The Morgan fingerprint density at radius 2 is 2.18 bits per heavy atom. The van der Waals surface area contributed by atoms with Gasteiger partial charge in [0.2, 0.25) is 0 Å². The van der Waals surface area contributed by atoms with E-state index < -0.39 is 0 Å². The number of piperidine rings is 1. The van der Waals surface area contributed by atoms with Crippen LogP contribution in [0.3, 0.4) is 0 Å². The van der Waals surface area contributed by atoms with Gasteiger partial charge in [0, 0.05) is 46.6 Å². The van der Waals surface area contributed by atoms with E-state index in [9.17, 15) is 0 Å². The fourth-order valence-electron chi connectivity index (χ4n) is 3.18. The highest BCUT2D eigenvalue weighted by atomic mass is 15.3. The van der Waals surface area contributed by atoms with Gasteiger partial charge in [-0.25, -0.2) is 4.98 Å². The predicted octanol–water partition coefficient (Wildman–Crippen LogP) is 2.26. The van der Waals surface area contributed by atoms with Gasteiger partial charge in [0.05, 0.1) is 5.69 Å². The first-order valence-electron chi connectivity index (χ1n) is 7.96. The molecule has 3 rings (SSSR count). The molecule has 22 heavy (non-hydrogen) atoms. The second-order valence-corrected chi connectivity index (χ2v) is 6.40. The predicted molar refractivity (Wildman–Crippen MR) is 89.0 cm³/mol. The van der Waals surface area contributed by atoms with Gasteiger partial charge in [-0.3, -0.25) is 9.58 Å². The van der Waals surface area contributed by atoms with E-state index in [2.05, 4.69) is 38.1 Å². The van der Waals surface area contributed by atoms with Crippen molar-refractivity contribution in [1.82, 2.24) is 19.7 Å².